The number of imidazole rings is 1. The van der Waals surface area contributed by atoms with Gasteiger partial charge in [-0.3, -0.25) is 13.9 Å². The molecule has 0 radical (unpaired) electrons. The Kier molecular flexibility index (Phi) is 7.36. The quantitative estimate of drug-likeness (QED) is 0.181. The van der Waals surface area contributed by atoms with Gasteiger partial charge in [0.25, 0.3) is 5.56 Å². The predicted molar refractivity (Wildman–Crippen MR) is 108 cm³/mol. The highest BCUT2D eigenvalue weighted by atomic mass is 31.3. The van der Waals surface area contributed by atoms with Gasteiger partial charge in [0.15, 0.2) is 23.0 Å². The van der Waals surface area contributed by atoms with Gasteiger partial charge >= 0.3 is 23.5 Å². The van der Waals surface area contributed by atoms with Crippen LogP contribution in [0.1, 0.15) is 19.0 Å². The van der Waals surface area contributed by atoms with E-state index in [1.807, 2.05) is 0 Å². The second-order valence-corrected chi connectivity index (χ2v) is 12.1. The van der Waals surface area contributed by atoms with Crippen molar-refractivity contribution in [2.24, 2.45) is 0 Å². The van der Waals surface area contributed by atoms with E-state index in [4.69, 9.17) is 14.5 Å². The van der Waals surface area contributed by atoms with Gasteiger partial charge in [0.05, 0.1) is 12.9 Å². The Bertz CT molecular complexity index is 1320. The fourth-order valence-electron chi connectivity index (χ4n) is 3.37. The van der Waals surface area contributed by atoms with Gasteiger partial charge in [-0.25, -0.2) is 28.1 Å². The van der Waals surface area contributed by atoms with Gasteiger partial charge in [0.2, 0.25) is 0 Å². The van der Waals surface area contributed by atoms with E-state index in [1.165, 1.54) is 6.92 Å². The molecule has 6 atom stereocenters. The molecule has 0 amide bonds. The number of ether oxygens (including phenoxy) is 1. The average molecular weight is 568 g/mol. The molecule has 3 rings (SSSR count). The van der Waals surface area contributed by atoms with Gasteiger partial charge in [-0.15, -0.1) is 0 Å². The molecule has 0 spiro atoms. The minimum Gasteiger partial charge on any atom is -0.387 e. The molecule has 0 aromatic carbocycles. The van der Waals surface area contributed by atoms with Crippen LogP contribution in [0, 0.1) is 6.92 Å². The Morgan fingerprint density at radius 1 is 1.23 bits per heavy atom. The number of nitrogens with one attached hydrogen (secondary N) is 1. The smallest absolute Gasteiger partial charge is 0.387 e. The summed E-state index contributed by atoms with van der Waals surface area (Å²) in [5.41, 5.74) is -5.89. The number of aromatic nitrogens is 4. The van der Waals surface area contributed by atoms with Crippen LogP contribution >= 0.6 is 23.5 Å². The number of hydrogen-bond donors (Lipinski definition) is 7. The van der Waals surface area contributed by atoms with Gasteiger partial charge < -0.3 is 39.5 Å². The SMILES string of the molecule is Cc1nc2c(ncn2[C@@H]2O[C@](CF)(COP(=O)(O)OP(=O)(O)OP(=O)(O)O)[C@@H](O)[C@@]2(C)O)c(=O)[nH]1. The number of aryl methyl sites for hydroxylation is 1. The maximum Gasteiger partial charge on any atom is 0.490 e. The monoisotopic (exact) mass is 568 g/mol. The van der Waals surface area contributed by atoms with E-state index >= 15 is 0 Å². The summed E-state index contributed by atoms with van der Waals surface area (Å²) in [4.78, 5) is 58.3. The van der Waals surface area contributed by atoms with Gasteiger partial charge in [-0.2, -0.15) is 8.62 Å². The number of hydrogen-bond acceptors (Lipinski definition) is 12. The van der Waals surface area contributed by atoms with Crippen LogP contribution in [0.25, 0.3) is 11.2 Å². The molecule has 35 heavy (non-hydrogen) atoms. The first-order valence-electron chi connectivity index (χ1n) is 9.18. The summed E-state index contributed by atoms with van der Waals surface area (Å²) < 4.78 is 66.3. The fourth-order valence-corrected chi connectivity index (χ4v) is 6.45. The highest BCUT2D eigenvalue weighted by Gasteiger charge is 2.63. The number of fused-ring (bicyclic) bond motifs is 1. The number of phosphoric acid groups is 3. The highest BCUT2D eigenvalue weighted by Crippen LogP contribution is 2.66. The summed E-state index contributed by atoms with van der Waals surface area (Å²) in [5.74, 6) is 0.145. The summed E-state index contributed by atoms with van der Waals surface area (Å²) in [6, 6.07) is 0. The van der Waals surface area contributed by atoms with Crippen LogP contribution in [0.2, 0.25) is 0 Å². The first-order chi connectivity index (χ1) is 15.8. The molecule has 1 fully saturated rings. The molecule has 0 aliphatic carbocycles. The molecular weight excluding hydrogens is 548 g/mol. The molecule has 2 aromatic rings. The van der Waals surface area contributed by atoms with Crippen molar-refractivity contribution >= 4 is 34.6 Å². The number of aliphatic hydroxyl groups is 2. The van der Waals surface area contributed by atoms with Crippen molar-refractivity contribution in [2.45, 2.75) is 37.4 Å². The third-order valence-electron chi connectivity index (χ3n) is 4.82. The zero-order chi connectivity index (χ0) is 26.6. The van der Waals surface area contributed by atoms with E-state index in [1.54, 1.807) is 0 Å². The number of aliphatic hydroxyl groups excluding tert-OH is 1. The van der Waals surface area contributed by atoms with Crippen molar-refractivity contribution in [1.29, 1.82) is 0 Å². The summed E-state index contributed by atoms with van der Waals surface area (Å²) in [6.45, 7) is -0.595. The average Bonchev–Trinajstić information content (AvgIpc) is 3.16. The van der Waals surface area contributed by atoms with Crippen molar-refractivity contribution in [3.63, 3.8) is 0 Å². The third-order valence-corrected chi connectivity index (χ3v) is 8.60. The number of rotatable bonds is 9. The van der Waals surface area contributed by atoms with Crippen LogP contribution in [-0.4, -0.2) is 79.9 Å². The van der Waals surface area contributed by atoms with Crippen LogP contribution in [0.5, 0.6) is 0 Å². The Labute approximate surface area is 193 Å². The topological polar surface area (TPSA) is 273 Å². The lowest BCUT2D eigenvalue weighted by Crippen LogP contribution is -2.53. The lowest BCUT2D eigenvalue weighted by molar-refractivity contribution is -0.135. The standard InChI is InChI=1S/C13H20FN4O14P3/c1-6-16-8-7(9(19)17-6)15-5-18(8)11-12(2,21)10(20)13(3-14,30-11)4-29-34(25,26)32-35(27,28)31-33(22,23)24/h5,10-11,20-21H,3-4H2,1-2H3,(H,25,26)(H,27,28)(H,16,17,19)(H2,22,23,24)/t10-,11+,12+,13+/m0/s1. The van der Waals surface area contributed by atoms with E-state index in [0.717, 1.165) is 17.8 Å². The zero-order valence-corrected chi connectivity index (χ0v) is 20.3. The lowest BCUT2D eigenvalue weighted by atomic mass is 9.88. The Balaban J connectivity index is 1.89. The molecule has 18 nitrogen and oxygen atoms in total. The molecule has 0 saturated carbocycles. The van der Waals surface area contributed by atoms with Crippen molar-refractivity contribution < 1.29 is 65.8 Å². The van der Waals surface area contributed by atoms with Crippen molar-refractivity contribution in [3.8, 4) is 0 Å². The lowest BCUT2D eigenvalue weighted by Gasteiger charge is -2.31. The second-order valence-electron chi connectivity index (χ2n) is 7.64. The number of nitrogens with zero attached hydrogens (tertiary/aromatic N) is 3. The molecular formula is C13H20FN4O14P3. The second kappa shape index (κ2) is 9.15. The fraction of sp³-hybridized carbons (Fsp3) is 0.615. The molecule has 1 aliphatic heterocycles. The third kappa shape index (κ3) is 5.78. The summed E-state index contributed by atoms with van der Waals surface area (Å²) in [6.07, 6.45) is -2.86. The number of H-pyrrole nitrogens is 1. The van der Waals surface area contributed by atoms with E-state index < -0.39 is 65.8 Å². The minimum absolute atomic E-state index is 0.119. The number of alkyl halides is 1. The van der Waals surface area contributed by atoms with Gasteiger partial charge in [0.1, 0.15) is 24.2 Å². The van der Waals surface area contributed by atoms with Crippen LogP contribution in [0.4, 0.5) is 4.39 Å². The molecule has 1 aliphatic rings. The number of aromatic amines is 1. The summed E-state index contributed by atoms with van der Waals surface area (Å²) in [7, 11) is -17.2. The Morgan fingerprint density at radius 2 is 1.86 bits per heavy atom. The predicted octanol–water partition coefficient (Wildman–Crippen LogP) is -0.880. The molecule has 1 saturated heterocycles. The minimum atomic E-state index is -5.86. The van der Waals surface area contributed by atoms with Gasteiger partial charge in [-0.1, -0.05) is 0 Å². The molecule has 2 unspecified atom stereocenters. The molecule has 7 N–H and O–H groups in total. The summed E-state index contributed by atoms with van der Waals surface area (Å²) >= 11 is 0. The first-order valence-corrected chi connectivity index (χ1v) is 13.7. The van der Waals surface area contributed by atoms with Gasteiger partial charge in [-0.05, 0) is 13.8 Å². The van der Waals surface area contributed by atoms with Gasteiger partial charge in [0, 0.05) is 0 Å². The van der Waals surface area contributed by atoms with Crippen LogP contribution in [0.15, 0.2) is 11.1 Å². The molecule has 198 valence electrons. The maximum atomic E-state index is 14.1. The number of phosphoric ester groups is 1. The number of halogens is 1. The zero-order valence-electron chi connectivity index (χ0n) is 17.7. The van der Waals surface area contributed by atoms with Crippen molar-refractivity contribution in [1.82, 2.24) is 19.5 Å². The molecule has 3 heterocycles. The normalized spacial score (nSPS) is 30.9. The maximum absolute atomic E-state index is 14.1. The first kappa shape index (κ1) is 28.1. The highest BCUT2D eigenvalue weighted by molar-refractivity contribution is 7.66. The van der Waals surface area contributed by atoms with E-state index in [2.05, 4.69) is 28.1 Å². The van der Waals surface area contributed by atoms with E-state index in [9.17, 15) is 42.9 Å². The Hall–Kier alpha value is -1.43. The van der Waals surface area contributed by atoms with Crippen molar-refractivity contribution in [3.05, 3.63) is 22.5 Å². The van der Waals surface area contributed by atoms with Crippen LogP contribution < -0.4 is 5.56 Å². The summed E-state index contributed by atoms with van der Waals surface area (Å²) in [5, 5.41) is 21.5. The molecule has 22 heteroatoms. The van der Waals surface area contributed by atoms with E-state index in [-0.39, 0.29) is 17.0 Å². The van der Waals surface area contributed by atoms with Crippen LogP contribution in [0.3, 0.4) is 0 Å². The van der Waals surface area contributed by atoms with E-state index in [0.29, 0.717) is 0 Å². The molecule has 2 aromatic heterocycles. The molecule has 0 bridgehead atoms. The van der Waals surface area contributed by atoms with Crippen molar-refractivity contribution in [2.75, 3.05) is 13.3 Å². The van der Waals surface area contributed by atoms with Crippen LogP contribution in [-0.2, 0) is 31.6 Å². The largest absolute Gasteiger partial charge is 0.490 e. The Morgan fingerprint density at radius 3 is 2.43 bits per heavy atom.